The molecule has 6 nitrogen and oxygen atoms in total. The molecule has 0 amide bonds. The smallest absolute Gasteiger partial charge is 0.261 e. The maximum absolute atomic E-state index is 12.0. The van der Waals surface area contributed by atoms with Crippen molar-refractivity contribution in [2.45, 2.75) is 6.92 Å². The third-order valence-corrected chi connectivity index (χ3v) is 2.92. The van der Waals surface area contributed by atoms with E-state index >= 15 is 0 Å². The molecule has 0 aliphatic heterocycles. The maximum atomic E-state index is 12.0. The quantitative estimate of drug-likeness (QED) is 0.659. The van der Waals surface area contributed by atoms with Crippen molar-refractivity contribution in [3.63, 3.8) is 0 Å². The van der Waals surface area contributed by atoms with Crippen LogP contribution in [0, 0.1) is 6.92 Å². The van der Waals surface area contributed by atoms with Crippen LogP contribution in [0.5, 0.6) is 0 Å². The van der Waals surface area contributed by atoms with Gasteiger partial charge in [-0.25, -0.2) is 4.98 Å². The SMILES string of the molecule is Cc1cccc(Nc2nc(N)nc3cc[nH]c(=O)c23)c1. The van der Waals surface area contributed by atoms with Gasteiger partial charge in [-0.15, -0.1) is 0 Å². The number of rotatable bonds is 2. The van der Waals surface area contributed by atoms with Gasteiger partial charge < -0.3 is 16.0 Å². The van der Waals surface area contributed by atoms with Crippen molar-refractivity contribution >= 4 is 28.4 Å². The van der Waals surface area contributed by atoms with Gasteiger partial charge >= 0.3 is 0 Å². The monoisotopic (exact) mass is 267 g/mol. The lowest BCUT2D eigenvalue weighted by Crippen LogP contribution is -2.11. The van der Waals surface area contributed by atoms with E-state index < -0.39 is 0 Å². The van der Waals surface area contributed by atoms with Gasteiger partial charge in [0, 0.05) is 11.9 Å². The van der Waals surface area contributed by atoms with Crippen LogP contribution in [0.2, 0.25) is 0 Å². The topological polar surface area (TPSA) is 96.7 Å². The predicted molar refractivity (Wildman–Crippen MR) is 79.0 cm³/mol. The number of aromatic nitrogens is 3. The van der Waals surface area contributed by atoms with Crippen LogP contribution >= 0.6 is 0 Å². The molecule has 6 heteroatoms. The average Bonchev–Trinajstić information content (AvgIpc) is 2.38. The Kier molecular flexibility index (Phi) is 2.83. The van der Waals surface area contributed by atoms with Crippen LogP contribution < -0.4 is 16.6 Å². The Bertz CT molecular complexity index is 840. The number of hydrogen-bond donors (Lipinski definition) is 3. The normalized spacial score (nSPS) is 10.7. The number of nitrogens with zero attached hydrogens (tertiary/aromatic N) is 2. The fourth-order valence-electron chi connectivity index (χ4n) is 2.06. The van der Waals surface area contributed by atoms with E-state index in [1.807, 2.05) is 31.2 Å². The molecule has 0 unspecified atom stereocenters. The molecule has 20 heavy (non-hydrogen) atoms. The van der Waals surface area contributed by atoms with E-state index in [1.54, 1.807) is 6.07 Å². The number of pyridine rings is 1. The first-order chi connectivity index (χ1) is 9.63. The third-order valence-electron chi connectivity index (χ3n) is 2.92. The van der Waals surface area contributed by atoms with Gasteiger partial charge in [0.2, 0.25) is 5.95 Å². The lowest BCUT2D eigenvalue weighted by Gasteiger charge is -2.09. The highest BCUT2D eigenvalue weighted by molar-refractivity contribution is 5.90. The van der Waals surface area contributed by atoms with Crippen LogP contribution in [-0.2, 0) is 0 Å². The zero-order valence-electron chi connectivity index (χ0n) is 10.8. The fourth-order valence-corrected chi connectivity index (χ4v) is 2.06. The van der Waals surface area contributed by atoms with Crippen molar-refractivity contribution in [2.24, 2.45) is 0 Å². The van der Waals surface area contributed by atoms with Crippen LogP contribution in [0.4, 0.5) is 17.5 Å². The second kappa shape index (κ2) is 4.65. The summed E-state index contributed by atoms with van der Waals surface area (Å²) in [6, 6.07) is 9.46. The standard InChI is InChI=1S/C14H13N5O/c1-8-3-2-4-9(7-8)17-12-11-10(18-14(15)19-12)5-6-16-13(11)20/h2-7H,1H3,(H,16,20)(H3,15,17,18,19). The Hall–Kier alpha value is -2.89. The van der Waals surface area contributed by atoms with E-state index in [4.69, 9.17) is 5.73 Å². The molecule has 0 fully saturated rings. The molecule has 3 rings (SSSR count). The molecule has 0 spiro atoms. The zero-order valence-corrected chi connectivity index (χ0v) is 10.8. The molecule has 3 aromatic rings. The second-order valence-corrected chi connectivity index (χ2v) is 4.49. The van der Waals surface area contributed by atoms with E-state index in [0.717, 1.165) is 11.3 Å². The van der Waals surface area contributed by atoms with Crippen LogP contribution in [0.3, 0.4) is 0 Å². The number of benzene rings is 1. The molecule has 1 aromatic carbocycles. The molecule has 0 radical (unpaired) electrons. The van der Waals surface area contributed by atoms with Crippen molar-refractivity contribution in [2.75, 3.05) is 11.1 Å². The summed E-state index contributed by atoms with van der Waals surface area (Å²) >= 11 is 0. The minimum absolute atomic E-state index is 0.123. The van der Waals surface area contributed by atoms with E-state index in [0.29, 0.717) is 16.7 Å². The summed E-state index contributed by atoms with van der Waals surface area (Å²) < 4.78 is 0. The highest BCUT2D eigenvalue weighted by Crippen LogP contribution is 2.21. The summed E-state index contributed by atoms with van der Waals surface area (Å²) in [7, 11) is 0. The molecule has 4 N–H and O–H groups in total. The number of aromatic amines is 1. The van der Waals surface area contributed by atoms with Crippen LogP contribution in [0.1, 0.15) is 5.56 Å². The Morgan fingerprint density at radius 1 is 1.25 bits per heavy atom. The van der Waals surface area contributed by atoms with Crippen LogP contribution in [0.25, 0.3) is 10.9 Å². The summed E-state index contributed by atoms with van der Waals surface area (Å²) in [4.78, 5) is 22.8. The number of aryl methyl sites for hydroxylation is 1. The molecular formula is C14H13N5O. The number of anilines is 3. The van der Waals surface area contributed by atoms with Gasteiger partial charge in [0.25, 0.3) is 5.56 Å². The fraction of sp³-hybridized carbons (Fsp3) is 0.0714. The van der Waals surface area contributed by atoms with Crippen molar-refractivity contribution in [3.05, 3.63) is 52.4 Å². The van der Waals surface area contributed by atoms with Gasteiger partial charge in [-0.05, 0) is 30.7 Å². The van der Waals surface area contributed by atoms with Crippen molar-refractivity contribution in [1.82, 2.24) is 15.0 Å². The van der Waals surface area contributed by atoms with E-state index in [-0.39, 0.29) is 11.5 Å². The molecule has 0 saturated carbocycles. The first kappa shape index (κ1) is 12.2. The number of fused-ring (bicyclic) bond motifs is 1. The van der Waals surface area contributed by atoms with Gasteiger partial charge in [0.1, 0.15) is 11.2 Å². The minimum Gasteiger partial charge on any atom is -0.368 e. The number of nitrogens with two attached hydrogens (primary N) is 1. The largest absolute Gasteiger partial charge is 0.368 e. The van der Waals surface area contributed by atoms with Crippen molar-refractivity contribution < 1.29 is 0 Å². The second-order valence-electron chi connectivity index (χ2n) is 4.49. The third kappa shape index (κ3) is 2.18. The van der Waals surface area contributed by atoms with Gasteiger partial charge in [0.05, 0.1) is 5.52 Å². The first-order valence-electron chi connectivity index (χ1n) is 6.12. The maximum Gasteiger partial charge on any atom is 0.261 e. The lowest BCUT2D eigenvalue weighted by atomic mass is 10.2. The molecule has 2 aromatic heterocycles. The van der Waals surface area contributed by atoms with Crippen molar-refractivity contribution in [1.29, 1.82) is 0 Å². The number of nitrogens with one attached hydrogen (secondary N) is 2. The summed E-state index contributed by atoms with van der Waals surface area (Å²) in [6.07, 6.45) is 1.54. The first-order valence-corrected chi connectivity index (χ1v) is 6.12. The minimum atomic E-state index is -0.252. The highest BCUT2D eigenvalue weighted by atomic mass is 16.1. The molecule has 0 saturated heterocycles. The molecule has 0 atom stereocenters. The molecule has 0 aliphatic carbocycles. The average molecular weight is 267 g/mol. The predicted octanol–water partition coefficient (Wildman–Crippen LogP) is 1.95. The zero-order chi connectivity index (χ0) is 14.1. The van der Waals surface area contributed by atoms with E-state index in [1.165, 1.54) is 6.20 Å². The number of H-pyrrole nitrogens is 1. The Balaban J connectivity index is 2.18. The molecular weight excluding hydrogens is 254 g/mol. The number of nitrogen functional groups attached to an aromatic ring is 1. The molecule has 0 aliphatic rings. The molecule has 100 valence electrons. The van der Waals surface area contributed by atoms with Gasteiger partial charge in [-0.3, -0.25) is 4.79 Å². The molecule has 0 bridgehead atoms. The number of hydrogen-bond acceptors (Lipinski definition) is 5. The van der Waals surface area contributed by atoms with Gasteiger partial charge in [-0.2, -0.15) is 4.98 Å². The van der Waals surface area contributed by atoms with E-state index in [2.05, 4.69) is 20.3 Å². The molecule has 2 heterocycles. The summed E-state index contributed by atoms with van der Waals surface area (Å²) in [6.45, 7) is 1.99. The summed E-state index contributed by atoms with van der Waals surface area (Å²) in [5.74, 6) is 0.526. The van der Waals surface area contributed by atoms with E-state index in [9.17, 15) is 4.79 Å². The Morgan fingerprint density at radius 2 is 2.10 bits per heavy atom. The Morgan fingerprint density at radius 3 is 2.90 bits per heavy atom. The summed E-state index contributed by atoms with van der Waals surface area (Å²) in [5, 5.41) is 3.51. The lowest BCUT2D eigenvalue weighted by molar-refractivity contribution is 1.20. The summed E-state index contributed by atoms with van der Waals surface area (Å²) in [5.41, 5.74) is 7.89. The van der Waals surface area contributed by atoms with Crippen molar-refractivity contribution in [3.8, 4) is 0 Å². The van der Waals surface area contributed by atoms with Gasteiger partial charge in [-0.1, -0.05) is 12.1 Å². The highest BCUT2D eigenvalue weighted by Gasteiger charge is 2.10. The van der Waals surface area contributed by atoms with Crippen LogP contribution in [-0.4, -0.2) is 15.0 Å². The Labute approximate surface area is 114 Å². The van der Waals surface area contributed by atoms with Crippen LogP contribution in [0.15, 0.2) is 41.3 Å². The van der Waals surface area contributed by atoms with Gasteiger partial charge in [0.15, 0.2) is 0 Å².